The van der Waals surface area contributed by atoms with Crippen LogP contribution in [0.25, 0.3) is 0 Å². The van der Waals surface area contributed by atoms with Crippen molar-refractivity contribution in [2.45, 2.75) is 25.4 Å². The molecule has 23 heavy (non-hydrogen) atoms. The van der Waals surface area contributed by atoms with Crippen LogP contribution in [-0.4, -0.2) is 25.3 Å². The Labute approximate surface area is 137 Å². The van der Waals surface area contributed by atoms with Crippen molar-refractivity contribution in [1.82, 2.24) is 5.32 Å². The summed E-state index contributed by atoms with van der Waals surface area (Å²) in [5.74, 6) is 0. The minimum absolute atomic E-state index is 0.126. The quantitative estimate of drug-likeness (QED) is 0.923. The van der Waals surface area contributed by atoms with E-state index >= 15 is 0 Å². The van der Waals surface area contributed by atoms with Crippen molar-refractivity contribution >= 4 is 17.4 Å². The average molecular weight is 310 g/mol. The normalized spacial score (nSPS) is 17.5. The lowest BCUT2D eigenvalue weighted by molar-refractivity contribution is 0.0186. The van der Waals surface area contributed by atoms with Gasteiger partial charge in [0.25, 0.3) is 0 Å². The highest BCUT2D eigenvalue weighted by atomic mass is 16.5. The summed E-state index contributed by atoms with van der Waals surface area (Å²) in [4.78, 5) is 14.4. The first-order valence-corrected chi connectivity index (χ1v) is 8.14. The van der Waals surface area contributed by atoms with Crippen LogP contribution in [0.5, 0.6) is 0 Å². The highest BCUT2D eigenvalue weighted by Crippen LogP contribution is 2.25. The zero-order valence-corrected chi connectivity index (χ0v) is 13.2. The monoisotopic (exact) mass is 310 g/mol. The van der Waals surface area contributed by atoms with Gasteiger partial charge in [-0.25, -0.2) is 4.79 Å². The molecule has 0 spiro atoms. The highest BCUT2D eigenvalue weighted by Gasteiger charge is 2.20. The Morgan fingerprint density at radius 1 is 1.00 bits per heavy atom. The minimum Gasteiger partial charge on any atom is -0.376 e. The lowest BCUT2D eigenvalue weighted by Gasteiger charge is -2.26. The molecule has 1 atom stereocenters. The van der Waals surface area contributed by atoms with Crippen molar-refractivity contribution in [2.24, 2.45) is 0 Å². The van der Waals surface area contributed by atoms with Gasteiger partial charge in [-0.15, -0.1) is 0 Å². The van der Waals surface area contributed by atoms with E-state index in [4.69, 9.17) is 4.74 Å². The van der Waals surface area contributed by atoms with E-state index in [-0.39, 0.29) is 12.1 Å². The van der Waals surface area contributed by atoms with E-state index in [0.29, 0.717) is 6.54 Å². The van der Waals surface area contributed by atoms with Crippen LogP contribution < -0.4 is 10.2 Å². The average Bonchev–Trinajstić information content (AvgIpc) is 2.63. The molecule has 3 rings (SSSR count). The third kappa shape index (κ3) is 4.11. The maximum atomic E-state index is 12.7. The number of amides is 2. The summed E-state index contributed by atoms with van der Waals surface area (Å²) in [5, 5.41) is 3.01. The van der Waals surface area contributed by atoms with Gasteiger partial charge in [0.1, 0.15) is 0 Å². The number of hydrogen-bond acceptors (Lipinski definition) is 2. The Morgan fingerprint density at radius 3 is 2.13 bits per heavy atom. The molecule has 1 N–H and O–H groups in total. The lowest BCUT2D eigenvalue weighted by atomic mass is 10.1. The van der Waals surface area contributed by atoms with Gasteiger partial charge in [0.05, 0.1) is 17.5 Å². The molecule has 0 radical (unpaired) electrons. The molecule has 1 aliphatic rings. The van der Waals surface area contributed by atoms with Crippen LogP contribution in [0.15, 0.2) is 60.7 Å². The van der Waals surface area contributed by atoms with Crippen LogP contribution >= 0.6 is 0 Å². The SMILES string of the molecule is O=C(NC[C@@H]1CCCCO1)N(c1ccccc1)c1ccccc1. The van der Waals surface area contributed by atoms with Gasteiger partial charge in [-0.05, 0) is 43.5 Å². The molecule has 120 valence electrons. The maximum Gasteiger partial charge on any atom is 0.326 e. The summed E-state index contributed by atoms with van der Waals surface area (Å²) in [6, 6.07) is 19.2. The fourth-order valence-electron chi connectivity index (χ4n) is 2.79. The molecule has 4 nitrogen and oxygen atoms in total. The van der Waals surface area contributed by atoms with Crippen molar-refractivity contribution in [1.29, 1.82) is 0 Å². The zero-order chi connectivity index (χ0) is 15.9. The Bertz CT molecular complexity index is 570. The van der Waals surface area contributed by atoms with E-state index in [9.17, 15) is 4.79 Å². The molecule has 2 amide bonds. The van der Waals surface area contributed by atoms with Crippen molar-refractivity contribution in [3.8, 4) is 0 Å². The smallest absolute Gasteiger partial charge is 0.326 e. The Balaban J connectivity index is 1.74. The van der Waals surface area contributed by atoms with Gasteiger partial charge in [0.15, 0.2) is 0 Å². The van der Waals surface area contributed by atoms with E-state index in [1.807, 2.05) is 60.7 Å². The van der Waals surface area contributed by atoms with Crippen LogP contribution in [0.3, 0.4) is 0 Å². The summed E-state index contributed by atoms with van der Waals surface area (Å²) in [6.07, 6.45) is 3.42. The summed E-state index contributed by atoms with van der Waals surface area (Å²) in [5.41, 5.74) is 1.70. The summed E-state index contributed by atoms with van der Waals surface area (Å²) >= 11 is 0. The number of ether oxygens (including phenoxy) is 1. The number of nitrogens with zero attached hydrogens (tertiary/aromatic N) is 1. The number of anilines is 2. The highest BCUT2D eigenvalue weighted by molar-refractivity contribution is 5.99. The third-order valence-electron chi connectivity index (χ3n) is 3.99. The Morgan fingerprint density at radius 2 is 1.61 bits per heavy atom. The van der Waals surface area contributed by atoms with Gasteiger partial charge in [-0.2, -0.15) is 0 Å². The number of nitrogens with one attached hydrogen (secondary N) is 1. The number of urea groups is 1. The van der Waals surface area contributed by atoms with Crippen molar-refractivity contribution in [3.63, 3.8) is 0 Å². The van der Waals surface area contributed by atoms with Crippen LogP contribution in [0, 0.1) is 0 Å². The molecule has 0 bridgehead atoms. The van der Waals surface area contributed by atoms with Gasteiger partial charge >= 0.3 is 6.03 Å². The van der Waals surface area contributed by atoms with E-state index < -0.39 is 0 Å². The summed E-state index contributed by atoms with van der Waals surface area (Å²) in [7, 11) is 0. The van der Waals surface area contributed by atoms with Crippen molar-refractivity contribution in [2.75, 3.05) is 18.1 Å². The molecular weight excluding hydrogens is 288 g/mol. The molecule has 1 heterocycles. The summed E-state index contributed by atoms with van der Waals surface area (Å²) < 4.78 is 5.69. The largest absolute Gasteiger partial charge is 0.376 e. The number of rotatable bonds is 4. The van der Waals surface area contributed by atoms with Crippen molar-refractivity contribution < 1.29 is 9.53 Å². The molecule has 0 aromatic heterocycles. The first kappa shape index (κ1) is 15.6. The first-order valence-electron chi connectivity index (χ1n) is 8.14. The molecule has 2 aromatic rings. The van der Waals surface area contributed by atoms with Crippen LogP contribution in [0.1, 0.15) is 19.3 Å². The zero-order valence-electron chi connectivity index (χ0n) is 13.2. The van der Waals surface area contributed by atoms with Gasteiger partial charge < -0.3 is 10.1 Å². The Hall–Kier alpha value is -2.33. The first-order chi connectivity index (χ1) is 11.3. The van der Waals surface area contributed by atoms with Crippen molar-refractivity contribution in [3.05, 3.63) is 60.7 Å². The molecule has 4 heteroatoms. The number of hydrogen-bond donors (Lipinski definition) is 1. The predicted octanol–water partition coefficient (Wildman–Crippen LogP) is 4.10. The second-order valence-corrected chi connectivity index (χ2v) is 5.68. The summed E-state index contributed by atoms with van der Waals surface area (Å²) in [6.45, 7) is 1.34. The molecular formula is C19H22N2O2. The lowest BCUT2D eigenvalue weighted by Crippen LogP contribution is -2.42. The van der Waals surface area contributed by atoms with Crippen LogP contribution in [0.2, 0.25) is 0 Å². The second-order valence-electron chi connectivity index (χ2n) is 5.68. The number of para-hydroxylation sites is 2. The molecule has 1 fully saturated rings. The topological polar surface area (TPSA) is 41.6 Å². The van der Waals surface area contributed by atoms with Crippen LogP contribution in [0.4, 0.5) is 16.2 Å². The van der Waals surface area contributed by atoms with Gasteiger partial charge in [-0.3, -0.25) is 4.90 Å². The number of carbonyl (C=O) groups is 1. The van der Waals surface area contributed by atoms with Gasteiger partial charge in [-0.1, -0.05) is 36.4 Å². The standard InChI is InChI=1S/C19H22N2O2/c22-19(20-15-18-13-7-8-14-23-18)21(16-9-3-1-4-10-16)17-11-5-2-6-12-17/h1-6,9-12,18H,7-8,13-15H2,(H,20,22)/t18-/m0/s1. The molecule has 1 saturated heterocycles. The number of benzene rings is 2. The fraction of sp³-hybridized carbons (Fsp3) is 0.316. The molecule has 0 saturated carbocycles. The minimum atomic E-state index is -0.128. The maximum absolute atomic E-state index is 12.7. The van der Waals surface area contributed by atoms with Crippen LogP contribution in [-0.2, 0) is 4.74 Å². The second kappa shape index (κ2) is 7.79. The molecule has 2 aromatic carbocycles. The van der Waals surface area contributed by atoms with Gasteiger partial charge in [0, 0.05) is 13.2 Å². The number of carbonyl (C=O) groups excluding carboxylic acids is 1. The fourth-order valence-corrected chi connectivity index (χ4v) is 2.79. The van der Waals surface area contributed by atoms with E-state index in [2.05, 4.69) is 5.32 Å². The molecule has 0 aliphatic carbocycles. The van der Waals surface area contributed by atoms with E-state index in [1.165, 1.54) is 6.42 Å². The molecule has 1 aliphatic heterocycles. The predicted molar refractivity (Wildman–Crippen MR) is 92.0 cm³/mol. The Kier molecular flexibility index (Phi) is 5.27. The van der Waals surface area contributed by atoms with E-state index in [0.717, 1.165) is 30.8 Å². The third-order valence-corrected chi connectivity index (χ3v) is 3.99. The molecule has 0 unspecified atom stereocenters. The van der Waals surface area contributed by atoms with E-state index in [1.54, 1.807) is 4.90 Å². The van der Waals surface area contributed by atoms with Gasteiger partial charge in [0.2, 0.25) is 0 Å².